The molecule has 2 aliphatic rings. The fourth-order valence-electron chi connectivity index (χ4n) is 3.17. The zero-order chi connectivity index (χ0) is 14.8. The van der Waals surface area contributed by atoms with Crippen LogP contribution in [0, 0.1) is 0 Å². The lowest BCUT2D eigenvalue weighted by atomic mass is 9.97. The number of benzene rings is 1. The molecule has 6 heteroatoms. The molecule has 4 nitrogen and oxygen atoms in total. The maximum atomic E-state index is 5.86. The Morgan fingerprint density at radius 3 is 3.19 bits per heavy atom. The molecular weight excluding hydrogens is 350 g/mol. The summed E-state index contributed by atoms with van der Waals surface area (Å²) in [5.41, 5.74) is 5.60. The monoisotopic (exact) mass is 371 g/mol. The van der Waals surface area contributed by atoms with E-state index < -0.39 is 0 Å². The van der Waals surface area contributed by atoms with Crippen LogP contribution in [-0.2, 0) is 12.8 Å². The fraction of sp³-hybridized carbons (Fsp3) is 0.600. The van der Waals surface area contributed by atoms with Crippen molar-refractivity contribution in [2.75, 3.05) is 31.7 Å². The Labute approximate surface area is 138 Å². The van der Waals surface area contributed by atoms with Gasteiger partial charge in [-0.05, 0) is 36.7 Å². The maximum absolute atomic E-state index is 5.86. The first kappa shape index (κ1) is 15.6. The van der Waals surface area contributed by atoms with Crippen LogP contribution in [0.5, 0.6) is 5.75 Å². The van der Waals surface area contributed by atoms with Crippen molar-refractivity contribution in [1.29, 1.82) is 0 Å². The first-order chi connectivity index (χ1) is 10.2. The van der Waals surface area contributed by atoms with Crippen molar-refractivity contribution in [3.63, 3.8) is 0 Å². The molecule has 0 aliphatic carbocycles. The lowest BCUT2D eigenvalue weighted by Crippen LogP contribution is -2.55. The third-order valence-electron chi connectivity index (χ3n) is 4.39. The average Bonchev–Trinajstić information content (AvgIpc) is 2.93. The van der Waals surface area contributed by atoms with Crippen molar-refractivity contribution < 1.29 is 4.74 Å². The first-order valence-electron chi connectivity index (χ1n) is 7.37. The number of thioether (sulfide) groups is 1. The molecule has 2 unspecified atom stereocenters. The zero-order valence-electron chi connectivity index (χ0n) is 12.3. The summed E-state index contributed by atoms with van der Waals surface area (Å²) in [6, 6.07) is 5.04. The van der Waals surface area contributed by atoms with Crippen LogP contribution in [0.4, 0.5) is 0 Å². The molecule has 1 aromatic carbocycles. The fourth-order valence-corrected chi connectivity index (χ4v) is 5.03. The van der Waals surface area contributed by atoms with Gasteiger partial charge in [0.15, 0.2) is 0 Å². The third-order valence-corrected chi connectivity index (χ3v) is 5.89. The van der Waals surface area contributed by atoms with E-state index in [0.29, 0.717) is 6.04 Å². The molecule has 2 atom stereocenters. The molecule has 2 aliphatic heterocycles. The molecule has 0 bridgehead atoms. The van der Waals surface area contributed by atoms with Gasteiger partial charge in [0, 0.05) is 41.0 Å². The van der Waals surface area contributed by atoms with Crippen molar-refractivity contribution >= 4 is 27.7 Å². The first-order valence-corrected chi connectivity index (χ1v) is 9.32. The second kappa shape index (κ2) is 6.87. The molecule has 116 valence electrons. The van der Waals surface area contributed by atoms with E-state index in [-0.39, 0.29) is 6.04 Å². The number of halogens is 1. The number of hydrazine groups is 1. The molecule has 0 radical (unpaired) electrons. The highest BCUT2D eigenvalue weighted by Crippen LogP contribution is 2.34. The molecule has 0 spiro atoms. The topological polar surface area (TPSA) is 50.5 Å². The van der Waals surface area contributed by atoms with Gasteiger partial charge < -0.3 is 9.64 Å². The van der Waals surface area contributed by atoms with Crippen LogP contribution in [0.15, 0.2) is 16.6 Å². The number of ether oxygens (including phenoxy) is 1. The second-order valence-electron chi connectivity index (χ2n) is 5.75. The van der Waals surface area contributed by atoms with E-state index in [4.69, 9.17) is 10.6 Å². The van der Waals surface area contributed by atoms with Crippen molar-refractivity contribution in [3.05, 3.63) is 27.7 Å². The summed E-state index contributed by atoms with van der Waals surface area (Å²) in [6.45, 7) is 1.92. The molecule has 2 heterocycles. The molecular formula is C15H22BrN3OS. The van der Waals surface area contributed by atoms with E-state index in [0.717, 1.165) is 42.0 Å². The molecule has 3 N–H and O–H groups in total. The number of nitrogens with zero attached hydrogens (tertiary/aromatic N) is 1. The highest BCUT2D eigenvalue weighted by atomic mass is 79.9. The van der Waals surface area contributed by atoms with E-state index in [2.05, 4.69) is 45.4 Å². The minimum Gasteiger partial charge on any atom is -0.493 e. The minimum atomic E-state index is 0.241. The smallest absolute Gasteiger partial charge is 0.125 e. The van der Waals surface area contributed by atoms with E-state index in [1.807, 2.05) is 11.8 Å². The molecule has 0 aromatic heterocycles. The Kier molecular flexibility index (Phi) is 5.11. The van der Waals surface area contributed by atoms with E-state index in [9.17, 15) is 0 Å². The van der Waals surface area contributed by atoms with Gasteiger partial charge >= 0.3 is 0 Å². The Bertz CT molecular complexity index is 514. The summed E-state index contributed by atoms with van der Waals surface area (Å²) < 4.78 is 6.96. The Morgan fingerprint density at radius 1 is 1.57 bits per heavy atom. The molecule has 1 fully saturated rings. The van der Waals surface area contributed by atoms with Gasteiger partial charge in [-0.1, -0.05) is 15.9 Å². The number of hydrogen-bond acceptors (Lipinski definition) is 5. The lowest BCUT2D eigenvalue weighted by Gasteiger charge is -2.37. The normalized spacial score (nSPS) is 23.7. The molecule has 21 heavy (non-hydrogen) atoms. The Balaban J connectivity index is 1.81. The Hall–Kier alpha value is -0.270. The van der Waals surface area contributed by atoms with E-state index >= 15 is 0 Å². The lowest BCUT2D eigenvalue weighted by molar-refractivity contribution is 0.213. The second-order valence-corrected chi connectivity index (χ2v) is 7.82. The largest absolute Gasteiger partial charge is 0.493 e. The van der Waals surface area contributed by atoms with Gasteiger partial charge in [-0.2, -0.15) is 11.8 Å². The van der Waals surface area contributed by atoms with E-state index in [1.54, 1.807) is 0 Å². The van der Waals surface area contributed by atoms with Crippen LogP contribution in [0.1, 0.15) is 11.1 Å². The van der Waals surface area contributed by atoms with Gasteiger partial charge in [0.1, 0.15) is 5.75 Å². The Morgan fingerprint density at radius 2 is 2.43 bits per heavy atom. The van der Waals surface area contributed by atoms with Crippen molar-refractivity contribution in [1.82, 2.24) is 10.3 Å². The quantitative estimate of drug-likeness (QED) is 0.624. The van der Waals surface area contributed by atoms with Gasteiger partial charge in [-0.3, -0.25) is 11.3 Å². The maximum Gasteiger partial charge on any atom is 0.125 e. The predicted octanol–water partition coefficient (Wildman–Crippen LogP) is 1.81. The molecule has 1 aromatic rings. The number of likely N-dealkylation sites (N-methyl/N-ethyl adjacent to an activating group) is 1. The van der Waals surface area contributed by atoms with Crippen LogP contribution in [0.25, 0.3) is 0 Å². The van der Waals surface area contributed by atoms with Gasteiger partial charge in [0.05, 0.1) is 6.61 Å². The molecule has 3 rings (SSSR count). The van der Waals surface area contributed by atoms with Crippen LogP contribution in [0.3, 0.4) is 0 Å². The number of nitrogens with one attached hydrogen (secondary N) is 1. The summed E-state index contributed by atoms with van der Waals surface area (Å²) in [5, 5.41) is 0. The van der Waals surface area contributed by atoms with E-state index in [1.165, 1.54) is 16.9 Å². The summed E-state index contributed by atoms with van der Waals surface area (Å²) in [5.74, 6) is 9.27. The minimum absolute atomic E-state index is 0.241. The zero-order valence-corrected chi connectivity index (χ0v) is 14.7. The number of fused-ring (bicyclic) bond motifs is 1. The van der Waals surface area contributed by atoms with Crippen molar-refractivity contribution in [2.45, 2.75) is 24.9 Å². The highest BCUT2D eigenvalue weighted by Gasteiger charge is 2.29. The van der Waals surface area contributed by atoms with Gasteiger partial charge in [-0.15, -0.1) is 0 Å². The molecule has 1 saturated heterocycles. The third kappa shape index (κ3) is 3.40. The van der Waals surface area contributed by atoms with Crippen molar-refractivity contribution in [3.8, 4) is 5.75 Å². The predicted molar refractivity (Wildman–Crippen MR) is 91.9 cm³/mol. The van der Waals surface area contributed by atoms with Crippen LogP contribution < -0.4 is 16.0 Å². The van der Waals surface area contributed by atoms with Crippen LogP contribution >= 0.6 is 27.7 Å². The molecule has 0 saturated carbocycles. The van der Waals surface area contributed by atoms with Crippen LogP contribution in [-0.4, -0.2) is 48.7 Å². The standard InChI is InChI=1S/C15H22BrN3OS/c1-19-3-5-21-9-14(19)13(18-17)8-11-7-12(16)6-10-2-4-20-15(10)11/h6-7,13-14,18H,2-5,8-9,17H2,1H3. The van der Waals surface area contributed by atoms with Gasteiger partial charge in [0.25, 0.3) is 0 Å². The summed E-state index contributed by atoms with van der Waals surface area (Å²) in [7, 11) is 2.19. The SMILES string of the molecule is CN1CCSCC1C(Cc1cc(Br)cc2c1OCC2)NN. The van der Waals surface area contributed by atoms with Crippen LogP contribution in [0.2, 0.25) is 0 Å². The number of rotatable bonds is 4. The number of hydrogen-bond donors (Lipinski definition) is 2. The molecule has 0 amide bonds. The highest BCUT2D eigenvalue weighted by molar-refractivity contribution is 9.10. The summed E-state index contributed by atoms with van der Waals surface area (Å²) >= 11 is 5.63. The summed E-state index contributed by atoms with van der Waals surface area (Å²) in [6.07, 6.45) is 1.90. The van der Waals surface area contributed by atoms with Gasteiger partial charge in [0.2, 0.25) is 0 Å². The van der Waals surface area contributed by atoms with Gasteiger partial charge in [-0.25, -0.2) is 0 Å². The average molecular weight is 372 g/mol. The summed E-state index contributed by atoms with van der Waals surface area (Å²) in [4.78, 5) is 2.42. The van der Waals surface area contributed by atoms with Crippen molar-refractivity contribution in [2.24, 2.45) is 5.84 Å². The number of nitrogens with two attached hydrogens (primary N) is 1.